The Morgan fingerprint density at radius 1 is 1.63 bits per heavy atom. The lowest BCUT2D eigenvalue weighted by molar-refractivity contribution is -0.133. The number of rotatable bonds is 5. The van der Waals surface area contributed by atoms with Crippen molar-refractivity contribution in [2.75, 3.05) is 23.8 Å². The lowest BCUT2D eigenvalue weighted by Gasteiger charge is -2.37. The molecule has 2 atom stereocenters. The lowest BCUT2D eigenvalue weighted by atomic mass is 10.1. The summed E-state index contributed by atoms with van der Waals surface area (Å²) in [4.78, 5) is 12.8. The Morgan fingerprint density at radius 2 is 2.42 bits per heavy atom. The highest BCUT2D eigenvalue weighted by molar-refractivity contribution is 8.01. The van der Waals surface area contributed by atoms with Crippen molar-refractivity contribution in [3.63, 3.8) is 0 Å². The Kier molecular flexibility index (Phi) is 5.00. The van der Waals surface area contributed by atoms with Gasteiger partial charge in [0.15, 0.2) is 4.34 Å². The van der Waals surface area contributed by atoms with Gasteiger partial charge < -0.3 is 14.7 Å². The third-order valence-corrected chi connectivity index (χ3v) is 4.98. The number of hydrogen-bond donors (Lipinski definition) is 1. The van der Waals surface area contributed by atoms with Crippen molar-refractivity contribution in [2.45, 2.75) is 36.8 Å². The summed E-state index contributed by atoms with van der Waals surface area (Å²) >= 11 is 2.66. The van der Waals surface area contributed by atoms with Gasteiger partial charge in [0, 0.05) is 6.54 Å². The van der Waals surface area contributed by atoms with E-state index in [4.69, 9.17) is 9.84 Å². The van der Waals surface area contributed by atoms with Crippen LogP contribution in [0.15, 0.2) is 4.34 Å². The summed E-state index contributed by atoms with van der Waals surface area (Å²) in [7, 11) is 0. The third kappa shape index (κ3) is 3.80. The Hall–Kier alpha value is -0.860. The summed E-state index contributed by atoms with van der Waals surface area (Å²) in [5.41, 5.74) is 0. The maximum Gasteiger partial charge on any atom is 0.313 e. The number of carboxylic acid groups (broad SMARTS) is 1. The molecule has 2 unspecified atom stereocenters. The van der Waals surface area contributed by atoms with Gasteiger partial charge in [-0.15, -0.1) is 10.2 Å². The monoisotopic (exact) mass is 303 g/mol. The van der Waals surface area contributed by atoms with Gasteiger partial charge in [0.2, 0.25) is 5.13 Å². The van der Waals surface area contributed by atoms with Crippen LogP contribution in [0.25, 0.3) is 0 Å². The van der Waals surface area contributed by atoms with Crippen molar-refractivity contribution < 1.29 is 14.6 Å². The number of hydrogen-bond acceptors (Lipinski definition) is 7. The van der Waals surface area contributed by atoms with Crippen LogP contribution in [0.5, 0.6) is 0 Å². The average Bonchev–Trinajstić information content (AvgIpc) is 2.85. The molecule has 6 nitrogen and oxygen atoms in total. The number of carboxylic acids is 1. The molecule has 0 radical (unpaired) electrons. The number of thioether (sulfide) groups is 1. The van der Waals surface area contributed by atoms with Crippen LogP contribution >= 0.6 is 23.1 Å². The number of ether oxygens (including phenoxy) is 1. The van der Waals surface area contributed by atoms with E-state index < -0.39 is 5.97 Å². The molecular formula is C11H17N3O3S2. The molecule has 1 aliphatic heterocycles. The largest absolute Gasteiger partial charge is 0.481 e. The van der Waals surface area contributed by atoms with Crippen molar-refractivity contribution in [1.82, 2.24) is 10.2 Å². The standard InChI is InChI=1S/C11H17N3O3S2/c1-3-8-5-17-7(2)4-14(8)10-12-13-11(19-10)18-6-9(15)16/h7-8H,3-6H2,1-2H3,(H,15,16). The second kappa shape index (κ2) is 6.53. The van der Waals surface area contributed by atoms with Crippen LogP contribution < -0.4 is 4.90 Å². The second-order valence-electron chi connectivity index (χ2n) is 4.39. The van der Waals surface area contributed by atoms with Gasteiger partial charge in [-0.2, -0.15) is 0 Å². The fourth-order valence-electron chi connectivity index (χ4n) is 1.92. The van der Waals surface area contributed by atoms with Gasteiger partial charge in [-0.3, -0.25) is 4.79 Å². The summed E-state index contributed by atoms with van der Waals surface area (Å²) in [6.45, 7) is 5.67. The quantitative estimate of drug-likeness (QED) is 0.830. The topological polar surface area (TPSA) is 75.5 Å². The van der Waals surface area contributed by atoms with E-state index in [1.54, 1.807) is 0 Å². The van der Waals surface area contributed by atoms with Gasteiger partial charge in [-0.05, 0) is 13.3 Å². The summed E-state index contributed by atoms with van der Waals surface area (Å²) in [5.74, 6) is -0.820. The highest BCUT2D eigenvalue weighted by atomic mass is 32.2. The Morgan fingerprint density at radius 3 is 3.11 bits per heavy atom. The minimum absolute atomic E-state index is 0.0192. The fraction of sp³-hybridized carbons (Fsp3) is 0.727. The van der Waals surface area contributed by atoms with Gasteiger partial charge >= 0.3 is 5.97 Å². The highest BCUT2D eigenvalue weighted by Gasteiger charge is 2.28. The molecule has 0 saturated carbocycles. The third-order valence-electron chi connectivity index (χ3n) is 2.90. The zero-order valence-electron chi connectivity index (χ0n) is 10.9. The van der Waals surface area contributed by atoms with Gasteiger partial charge in [-0.25, -0.2) is 0 Å². The van der Waals surface area contributed by atoms with Crippen LogP contribution in [0, 0.1) is 0 Å². The van der Waals surface area contributed by atoms with Crippen LogP contribution in [-0.4, -0.2) is 52.3 Å². The SMILES string of the molecule is CCC1COC(C)CN1c1nnc(SCC(=O)O)s1. The molecule has 1 saturated heterocycles. The molecule has 1 aromatic heterocycles. The zero-order valence-corrected chi connectivity index (χ0v) is 12.5. The number of carbonyl (C=O) groups is 1. The first-order valence-electron chi connectivity index (χ1n) is 6.16. The summed E-state index contributed by atoms with van der Waals surface area (Å²) in [6, 6.07) is 0.321. The molecule has 0 aliphatic carbocycles. The Balaban J connectivity index is 2.05. The van der Waals surface area contributed by atoms with Crippen LogP contribution in [0.1, 0.15) is 20.3 Å². The van der Waals surface area contributed by atoms with Gasteiger partial charge in [0.05, 0.1) is 24.5 Å². The molecule has 8 heteroatoms. The van der Waals surface area contributed by atoms with Crippen LogP contribution in [0.3, 0.4) is 0 Å². The molecule has 1 aromatic rings. The van der Waals surface area contributed by atoms with Crippen LogP contribution in [-0.2, 0) is 9.53 Å². The Bertz CT molecular complexity index is 441. The number of aromatic nitrogens is 2. The summed E-state index contributed by atoms with van der Waals surface area (Å²) < 4.78 is 6.35. The molecule has 1 aliphatic rings. The summed E-state index contributed by atoms with van der Waals surface area (Å²) in [5, 5.41) is 17.7. The maximum atomic E-state index is 10.5. The number of anilines is 1. The highest BCUT2D eigenvalue weighted by Crippen LogP contribution is 2.31. The molecule has 0 spiro atoms. The molecule has 2 heterocycles. The van der Waals surface area contributed by atoms with Crippen molar-refractivity contribution in [2.24, 2.45) is 0 Å². The maximum absolute atomic E-state index is 10.5. The molecule has 19 heavy (non-hydrogen) atoms. The second-order valence-corrected chi connectivity index (χ2v) is 6.57. The van der Waals surface area contributed by atoms with E-state index in [0.29, 0.717) is 17.0 Å². The first-order valence-corrected chi connectivity index (χ1v) is 7.96. The van der Waals surface area contributed by atoms with E-state index in [1.807, 2.05) is 6.92 Å². The van der Waals surface area contributed by atoms with E-state index in [-0.39, 0.29) is 11.9 Å². The molecule has 1 N–H and O–H groups in total. The molecular weight excluding hydrogens is 286 g/mol. The van der Waals surface area contributed by atoms with Crippen molar-refractivity contribution in [3.05, 3.63) is 0 Å². The molecule has 1 fully saturated rings. The van der Waals surface area contributed by atoms with Gasteiger partial charge in [-0.1, -0.05) is 30.0 Å². The average molecular weight is 303 g/mol. The van der Waals surface area contributed by atoms with Crippen molar-refractivity contribution >= 4 is 34.2 Å². The normalized spacial score (nSPS) is 23.6. The van der Waals surface area contributed by atoms with Crippen LogP contribution in [0.2, 0.25) is 0 Å². The van der Waals surface area contributed by atoms with Gasteiger partial charge in [0.25, 0.3) is 0 Å². The minimum Gasteiger partial charge on any atom is -0.481 e. The van der Waals surface area contributed by atoms with Crippen molar-refractivity contribution in [1.29, 1.82) is 0 Å². The van der Waals surface area contributed by atoms with E-state index in [2.05, 4.69) is 22.0 Å². The van der Waals surface area contributed by atoms with Crippen LogP contribution in [0.4, 0.5) is 5.13 Å². The summed E-state index contributed by atoms with van der Waals surface area (Å²) in [6.07, 6.45) is 1.17. The smallest absolute Gasteiger partial charge is 0.313 e. The first kappa shape index (κ1) is 14.5. The molecule has 0 amide bonds. The fourth-order valence-corrected chi connectivity index (χ4v) is 3.56. The molecule has 0 aromatic carbocycles. The van der Waals surface area contributed by atoms with Crippen molar-refractivity contribution in [3.8, 4) is 0 Å². The predicted molar refractivity (Wildman–Crippen MR) is 75.1 cm³/mol. The molecule has 2 rings (SSSR count). The predicted octanol–water partition coefficient (Wildman–Crippen LogP) is 1.72. The van der Waals surface area contributed by atoms with Gasteiger partial charge in [0.1, 0.15) is 0 Å². The van der Waals surface area contributed by atoms with E-state index in [1.165, 1.54) is 23.1 Å². The number of nitrogens with zero attached hydrogens (tertiary/aromatic N) is 3. The molecule has 106 valence electrons. The zero-order chi connectivity index (χ0) is 13.8. The minimum atomic E-state index is -0.840. The van der Waals surface area contributed by atoms with E-state index >= 15 is 0 Å². The van der Waals surface area contributed by atoms with E-state index in [0.717, 1.165) is 18.1 Å². The Labute approximate surface area is 120 Å². The number of morpholine rings is 1. The number of aliphatic carboxylic acids is 1. The van der Waals surface area contributed by atoms with E-state index in [9.17, 15) is 4.79 Å². The molecule has 0 bridgehead atoms. The lowest BCUT2D eigenvalue weighted by Crippen LogP contribution is -2.48. The first-order chi connectivity index (χ1) is 9.10.